The third kappa shape index (κ3) is 5.99. The first-order chi connectivity index (χ1) is 15.0. The van der Waals surface area contributed by atoms with Gasteiger partial charge in [-0.3, -0.25) is 14.9 Å². The molecule has 6 heteroatoms. The van der Waals surface area contributed by atoms with Gasteiger partial charge in [0.05, 0.1) is 11.0 Å². The van der Waals surface area contributed by atoms with Crippen molar-refractivity contribution in [3.05, 3.63) is 0 Å². The van der Waals surface area contributed by atoms with Gasteiger partial charge in [0.2, 0.25) is 0 Å². The van der Waals surface area contributed by atoms with Gasteiger partial charge in [-0.05, 0) is 65.3 Å². The average molecular weight is 458 g/mol. The topological polar surface area (TPSA) is 84.9 Å². The van der Waals surface area contributed by atoms with Crippen molar-refractivity contribution in [2.75, 3.05) is 13.7 Å². The maximum absolute atomic E-state index is 14.0. The van der Waals surface area contributed by atoms with E-state index in [4.69, 9.17) is 9.47 Å². The molecule has 0 aromatic heterocycles. The Morgan fingerprint density at radius 3 is 1.59 bits per heavy atom. The molecule has 0 amide bonds. The van der Waals surface area contributed by atoms with E-state index in [0.717, 1.165) is 12.8 Å². The van der Waals surface area contributed by atoms with Crippen LogP contribution in [-0.2, 0) is 19.1 Å². The van der Waals surface area contributed by atoms with Gasteiger partial charge in [0, 0.05) is 0 Å². The number of rotatable bonds is 18. The maximum atomic E-state index is 14.0. The molecule has 0 aliphatic rings. The zero-order valence-corrected chi connectivity index (χ0v) is 22.5. The molecule has 0 aromatic rings. The van der Waals surface area contributed by atoms with Gasteiger partial charge in [0.15, 0.2) is 11.6 Å². The highest BCUT2D eigenvalue weighted by atomic mass is 16.5. The van der Waals surface area contributed by atoms with Crippen LogP contribution >= 0.6 is 0 Å². The number of nitrogens with one attached hydrogen (secondary N) is 1. The fourth-order valence-electron chi connectivity index (χ4n) is 5.33. The Balaban J connectivity index is 6.14. The van der Waals surface area contributed by atoms with Crippen LogP contribution in [0.3, 0.4) is 0 Å². The number of hydrogen-bond donors (Lipinski definition) is 2. The minimum Gasteiger partial charge on any atom is -0.382 e. The molecular formula is C26H51NO5. The van der Waals surface area contributed by atoms with Crippen molar-refractivity contribution >= 4 is 11.6 Å². The zero-order valence-electron chi connectivity index (χ0n) is 22.5. The zero-order chi connectivity index (χ0) is 25.2. The highest BCUT2D eigenvalue weighted by Crippen LogP contribution is 2.48. The van der Waals surface area contributed by atoms with E-state index in [-0.39, 0.29) is 18.2 Å². The number of Topliss-reactive ketones (excluding diaryl/α,β-unsaturated/α-hetero) is 2. The van der Waals surface area contributed by atoms with E-state index in [2.05, 4.69) is 5.32 Å². The van der Waals surface area contributed by atoms with Crippen molar-refractivity contribution < 1.29 is 24.2 Å². The van der Waals surface area contributed by atoms with E-state index < -0.39 is 28.4 Å². The van der Waals surface area contributed by atoms with Gasteiger partial charge in [-0.1, -0.05) is 55.4 Å². The molecule has 0 saturated carbocycles. The molecule has 0 spiro atoms. The molecular weight excluding hydrogens is 406 g/mol. The second-order valence-electron chi connectivity index (χ2n) is 9.02. The normalized spacial score (nSPS) is 14.5. The van der Waals surface area contributed by atoms with E-state index in [1.165, 1.54) is 0 Å². The van der Waals surface area contributed by atoms with Gasteiger partial charge >= 0.3 is 0 Å². The number of carbonyl (C=O) groups excluding carboxylic acids is 2. The smallest absolute Gasteiger partial charge is 0.189 e. The minimum atomic E-state index is -1.39. The molecule has 0 rings (SSSR count). The Morgan fingerprint density at radius 1 is 0.812 bits per heavy atom. The van der Waals surface area contributed by atoms with Crippen molar-refractivity contribution in [1.82, 2.24) is 5.32 Å². The second kappa shape index (κ2) is 13.2. The van der Waals surface area contributed by atoms with Crippen LogP contribution in [0.2, 0.25) is 0 Å². The standard InChI is InChI=1S/C26H51NO5/c1-11-23(12-2,22(29)20(9)32-26(17-7,18-8)27-10)25(15-5,16-6)31-19-21(28)24(30,13-3)14-4/h20,27,30H,11-19H2,1-10H3. The van der Waals surface area contributed by atoms with E-state index in [1.54, 1.807) is 13.8 Å². The molecule has 0 saturated heterocycles. The highest BCUT2D eigenvalue weighted by molar-refractivity contribution is 5.90. The monoisotopic (exact) mass is 457 g/mol. The largest absolute Gasteiger partial charge is 0.382 e. The summed E-state index contributed by atoms with van der Waals surface area (Å²) in [4.78, 5) is 26.8. The Bertz CT molecular complexity index is 565. The van der Waals surface area contributed by atoms with Crippen LogP contribution < -0.4 is 5.32 Å². The average Bonchev–Trinajstić information content (AvgIpc) is 2.84. The molecule has 0 aromatic carbocycles. The fourth-order valence-corrected chi connectivity index (χ4v) is 5.33. The van der Waals surface area contributed by atoms with Crippen LogP contribution in [0.4, 0.5) is 0 Å². The number of hydrogen-bond acceptors (Lipinski definition) is 6. The summed E-state index contributed by atoms with van der Waals surface area (Å²) in [6, 6.07) is 0. The molecule has 0 fully saturated rings. The Labute approximate surface area is 197 Å². The third-order valence-corrected chi connectivity index (χ3v) is 8.23. The van der Waals surface area contributed by atoms with Crippen LogP contribution in [0.25, 0.3) is 0 Å². The van der Waals surface area contributed by atoms with Gasteiger partial charge in [-0.2, -0.15) is 0 Å². The number of ether oxygens (including phenoxy) is 2. The maximum Gasteiger partial charge on any atom is 0.189 e. The first-order valence-electron chi connectivity index (χ1n) is 12.8. The van der Waals surface area contributed by atoms with Crippen LogP contribution in [0.15, 0.2) is 0 Å². The number of carbonyl (C=O) groups is 2. The summed E-state index contributed by atoms with van der Waals surface area (Å²) in [5.74, 6) is -0.306. The van der Waals surface area contributed by atoms with E-state index >= 15 is 0 Å². The summed E-state index contributed by atoms with van der Waals surface area (Å²) in [5.41, 5.74) is -3.56. The van der Waals surface area contributed by atoms with Gasteiger partial charge in [-0.25, -0.2) is 0 Å². The molecule has 0 bridgehead atoms. The molecule has 1 atom stereocenters. The molecule has 0 aliphatic heterocycles. The van der Waals surface area contributed by atoms with E-state index in [0.29, 0.717) is 38.5 Å². The summed E-state index contributed by atoms with van der Waals surface area (Å²) in [5, 5.41) is 13.9. The van der Waals surface area contributed by atoms with Gasteiger partial charge < -0.3 is 14.6 Å². The molecule has 1 unspecified atom stereocenters. The summed E-state index contributed by atoms with van der Waals surface area (Å²) >= 11 is 0. The lowest BCUT2D eigenvalue weighted by Crippen LogP contribution is -2.59. The molecule has 0 radical (unpaired) electrons. The lowest BCUT2D eigenvalue weighted by atomic mass is 9.61. The molecule has 6 nitrogen and oxygen atoms in total. The fraction of sp³-hybridized carbons (Fsp3) is 0.923. The van der Waals surface area contributed by atoms with Crippen LogP contribution in [0.1, 0.15) is 114 Å². The quantitative estimate of drug-likeness (QED) is 0.275. The lowest BCUT2D eigenvalue weighted by Gasteiger charge is -2.50. The Hall–Kier alpha value is -0.820. The first kappa shape index (κ1) is 31.2. The molecule has 190 valence electrons. The van der Waals surface area contributed by atoms with Crippen molar-refractivity contribution in [2.45, 2.75) is 137 Å². The van der Waals surface area contributed by atoms with Gasteiger partial charge in [0.25, 0.3) is 0 Å². The summed E-state index contributed by atoms with van der Waals surface area (Å²) in [7, 11) is 1.86. The number of ketones is 2. The Kier molecular flexibility index (Phi) is 12.8. The predicted molar refractivity (Wildman–Crippen MR) is 131 cm³/mol. The van der Waals surface area contributed by atoms with Crippen LogP contribution in [0.5, 0.6) is 0 Å². The summed E-state index contributed by atoms with van der Waals surface area (Å²) < 4.78 is 12.7. The lowest BCUT2D eigenvalue weighted by molar-refractivity contribution is -0.191. The summed E-state index contributed by atoms with van der Waals surface area (Å²) in [6.45, 7) is 17.4. The molecule has 0 heterocycles. The Morgan fingerprint density at radius 2 is 1.28 bits per heavy atom. The molecule has 2 N–H and O–H groups in total. The van der Waals surface area contributed by atoms with Crippen molar-refractivity contribution in [1.29, 1.82) is 0 Å². The van der Waals surface area contributed by atoms with Crippen LogP contribution in [0, 0.1) is 5.41 Å². The van der Waals surface area contributed by atoms with Gasteiger partial charge in [-0.15, -0.1) is 0 Å². The van der Waals surface area contributed by atoms with Gasteiger partial charge in [0.1, 0.15) is 24.0 Å². The van der Waals surface area contributed by atoms with Crippen molar-refractivity contribution in [3.63, 3.8) is 0 Å². The van der Waals surface area contributed by atoms with E-state index in [9.17, 15) is 14.7 Å². The second-order valence-corrected chi connectivity index (χ2v) is 9.02. The first-order valence-corrected chi connectivity index (χ1v) is 12.8. The molecule has 0 aliphatic carbocycles. The van der Waals surface area contributed by atoms with E-state index in [1.807, 2.05) is 55.5 Å². The predicted octanol–water partition coefficient (Wildman–Crippen LogP) is 5.20. The highest BCUT2D eigenvalue weighted by Gasteiger charge is 2.55. The van der Waals surface area contributed by atoms with Crippen molar-refractivity contribution in [3.8, 4) is 0 Å². The molecule has 32 heavy (non-hydrogen) atoms. The van der Waals surface area contributed by atoms with Crippen LogP contribution in [-0.4, -0.2) is 53.4 Å². The third-order valence-electron chi connectivity index (χ3n) is 8.23. The SMILES string of the molecule is CCC(CC)(NC)OC(C)C(=O)C(CC)(CC)C(CC)(CC)OCC(=O)C(O)(CC)CC. The van der Waals surface area contributed by atoms with Crippen molar-refractivity contribution in [2.24, 2.45) is 5.41 Å². The number of aliphatic hydroxyl groups is 1. The summed E-state index contributed by atoms with van der Waals surface area (Å²) in [6.07, 6.45) is 3.90. The minimum absolute atomic E-state index is 0.0152.